The zero-order chi connectivity index (χ0) is 16.7. The normalized spacial score (nSPS) is 9.78. The maximum absolute atomic E-state index is 11.7. The Morgan fingerprint density at radius 1 is 1.00 bits per heavy atom. The van der Waals surface area contributed by atoms with Gasteiger partial charge in [-0.2, -0.15) is 0 Å². The van der Waals surface area contributed by atoms with Crippen LogP contribution in [-0.2, 0) is 4.79 Å². The Bertz CT molecular complexity index is 714. The first-order valence-corrected chi connectivity index (χ1v) is 6.94. The number of anilines is 1. The van der Waals surface area contributed by atoms with Crippen molar-refractivity contribution in [2.75, 3.05) is 11.9 Å². The largest absolute Gasteiger partial charge is 0.484 e. The monoisotopic (exact) mass is 312 g/mol. The van der Waals surface area contributed by atoms with Crippen molar-refractivity contribution in [2.45, 2.75) is 6.92 Å². The number of hydrogen-bond acceptors (Lipinski definition) is 4. The Morgan fingerprint density at radius 2 is 1.74 bits per heavy atom. The van der Waals surface area contributed by atoms with Gasteiger partial charge in [-0.05, 0) is 31.2 Å². The highest BCUT2D eigenvalue weighted by atomic mass is 16.5. The summed E-state index contributed by atoms with van der Waals surface area (Å²) in [5.74, 6) is -0.301. The zero-order valence-corrected chi connectivity index (χ0v) is 12.5. The molecule has 2 rings (SSSR count). The molecule has 23 heavy (non-hydrogen) atoms. The van der Waals surface area contributed by atoms with Gasteiger partial charge in [0, 0.05) is 11.3 Å². The molecule has 2 N–H and O–H groups in total. The third kappa shape index (κ3) is 5.28. The number of benzene rings is 2. The van der Waals surface area contributed by atoms with Crippen LogP contribution in [0.5, 0.6) is 5.75 Å². The first kappa shape index (κ1) is 16.2. The number of para-hydroxylation sites is 1. The number of carbonyl (C=O) groups is 3. The van der Waals surface area contributed by atoms with Gasteiger partial charge >= 0.3 is 6.03 Å². The Kier molecular flexibility index (Phi) is 5.46. The fraction of sp³-hybridized carbons (Fsp3) is 0.118. The van der Waals surface area contributed by atoms with Crippen LogP contribution >= 0.6 is 0 Å². The summed E-state index contributed by atoms with van der Waals surface area (Å²) < 4.78 is 5.27. The van der Waals surface area contributed by atoms with Gasteiger partial charge in [0.15, 0.2) is 12.4 Å². The van der Waals surface area contributed by atoms with Gasteiger partial charge in [-0.15, -0.1) is 0 Å². The first-order chi connectivity index (χ1) is 11.0. The van der Waals surface area contributed by atoms with Crippen molar-refractivity contribution in [3.05, 3.63) is 60.2 Å². The Morgan fingerprint density at radius 3 is 2.43 bits per heavy atom. The van der Waals surface area contributed by atoms with Crippen LogP contribution < -0.4 is 15.4 Å². The van der Waals surface area contributed by atoms with Gasteiger partial charge < -0.3 is 10.1 Å². The third-order valence-electron chi connectivity index (χ3n) is 2.90. The fourth-order valence-corrected chi connectivity index (χ4v) is 1.80. The predicted octanol–water partition coefficient (Wildman–Crippen LogP) is 2.62. The van der Waals surface area contributed by atoms with Crippen molar-refractivity contribution < 1.29 is 19.1 Å². The summed E-state index contributed by atoms with van der Waals surface area (Å²) in [6, 6.07) is 14.6. The molecule has 0 aromatic heterocycles. The second-order valence-electron chi connectivity index (χ2n) is 4.74. The highest BCUT2D eigenvalue weighted by Gasteiger charge is 2.09. The van der Waals surface area contributed by atoms with E-state index in [1.54, 1.807) is 48.5 Å². The maximum atomic E-state index is 11.7. The van der Waals surface area contributed by atoms with Crippen molar-refractivity contribution in [1.29, 1.82) is 0 Å². The van der Waals surface area contributed by atoms with Crippen LogP contribution in [0.1, 0.15) is 17.3 Å². The van der Waals surface area contributed by atoms with E-state index in [1.165, 1.54) is 6.92 Å². The van der Waals surface area contributed by atoms with Crippen molar-refractivity contribution >= 4 is 23.4 Å². The number of ether oxygens (including phenoxy) is 1. The molecular formula is C17H16N2O4. The van der Waals surface area contributed by atoms with E-state index < -0.39 is 11.9 Å². The third-order valence-corrected chi connectivity index (χ3v) is 2.90. The number of nitrogens with one attached hydrogen (secondary N) is 2. The second-order valence-corrected chi connectivity index (χ2v) is 4.74. The van der Waals surface area contributed by atoms with Crippen LogP contribution in [0.15, 0.2) is 54.6 Å². The van der Waals surface area contributed by atoms with E-state index >= 15 is 0 Å². The Labute approximate surface area is 133 Å². The standard InChI is InChI=1S/C17H16N2O4/c1-12(20)13-6-5-9-15(10-13)23-11-16(21)19-17(22)18-14-7-3-2-4-8-14/h2-10H,11H2,1H3,(H2,18,19,21,22). The lowest BCUT2D eigenvalue weighted by atomic mass is 10.1. The first-order valence-electron chi connectivity index (χ1n) is 6.94. The van der Waals surface area contributed by atoms with Gasteiger partial charge in [0.1, 0.15) is 5.75 Å². The number of urea groups is 1. The van der Waals surface area contributed by atoms with E-state index in [0.717, 1.165) is 0 Å². The van der Waals surface area contributed by atoms with E-state index in [1.807, 2.05) is 6.07 Å². The molecule has 0 heterocycles. The smallest absolute Gasteiger partial charge is 0.325 e. The molecular weight excluding hydrogens is 296 g/mol. The quantitative estimate of drug-likeness (QED) is 0.831. The topological polar surface area (TPSA) is 84.5 Å². The average molecular weight is 312 g/mol. The summed E-state index contributed by atoms with van der Waals surface area (Å²) in [6.45, 7) is 1.11. The Balaban J connectivity index is 1.82. The molecule has 6 heteroatoms. The molecule has 2 aromatic rings. The second kappa shape index (κ2) is 7.74. The lowest BCUT2D eigenvalue weighted by Crippen LogP contribution is -2.37. The van der Waals surface area contributed by atoms with Crippen LogP contribution in [-0.4, -0.2) is 24.3 Å². The molecule has 3 amide bonds. The number of ketones is 1. The van der Waals surface area contributed by atoms with E-state index in [-0.39, 0.29) is 12.4 Å². The minimum absolute atomic E-state index is 0.0952. The Hall–Kier alpha value is -3.15. The molecule has 0 aliphatic carbocycles. The van der Waals surface area contributed by atoms with Crippen LogP contribution in [0.2, 0.25) is 0 Å². The van der Waals surface area contributed by atoms with E-state index in [2.05, 4.69) is 10.6 Å². The van der Waals surface area contributed by atoms with Crippen LogP contribution in [0.3, 0.4) is 0 Å². The maximum Gasteiger partial charge on any atom is 0.325 e. The van der Waals surface area contributed by atoms with Gasteiger partial charge in [-0.3, -0.25) is 14.9 Å². The molecule has 6 nitrogen and oxygen atoms in total. The number of amides is 3. The van der Waals surface area contributed by atoms with Crippen molar-refractivity contribution in [2.24, 2.45) is 0 Å². The van der Waals surface area contributed by atoms with Crippen LogP contribution in [0.25, 0.3) is 0 Å². The molecule has 0 aliphatic heterocycles. The molecule has 0 saturated carbocycles. The molecule has 0 aliphatic rings. The average Bonchev–Trinajstić information content (AvgIpc) is 2.54. The summed E-state index contributed by atoms with van der Waals surface area (Å²) >= 11 is 0. The lowest BCUT2D eigenvalue weighted by Gasteiger charge is -2.08. The van der Waals surface area contributed by atoms with Crippen molar-refractivity contribution in [3.8, 4) is 5.75 Å². The molecule has 2 aromatic carbocycles. The van der Waals surface area contributed by atoms with Gasteiger partial charge in [-0.1, -0.05) is 30.3 Å². The van der Waals surface area contributed by atoms with Crippen molar-refractivity contribution in [1.82, 2.24) is 5.32 Å². The number of rotatable bonds is 5. The molecule has 0 radical (unpaired) electrons. The molecule has 0 unspecified atom stereocenters. The highest BCUT2D eigenvalue weighted by molar-refractivity contribution is 6.01. The molecule has 118 valence electrons. The van der Waals surface area contributed by atoms with Crippen LogP contribution in [0, 0.1) is 0 Å². The number of carbonyl (C=O) groups excluding carboxylic acids is 3. The fourth-order valence-electron chi connectivity index (χ4n) is 1.80. The molecule has 0 bridgehead atoms. The summed E-state index contributed by atoms with van der Waals surface area (Å²) in [5.41, 5.74) is 1.07. The minimum Gasteiger partial charge on any atom is -0.484 e. The van der Waals surface area contributed by atoms with E-state index in [0.29, 0.717) is 17.0 Å². The SMILES string of the molecule is CC(=O)c1cccc(OCC(=O)NC(=O)Nc2ccccc2)c1. The molecule has 0 atom stereocenters. The number of imide groups is 1. The van der Waals surface area contributed by atoms with Gasteiger partial charge in [0.2, 0.25) is 0 Å². The lowest BCUT2D eigenvalue weighted by molar-refractivity contribution is -0.121. The van der Waals surface area contributed by atoms with E-state index in [4.69, 9.17) is 4.74 Å². The molecule has 0 spiro atoms. The van der Waals surface area contributed by atoms with Gasteiger partial charge in [0.25, 0.3) is 5.91 Å². The number of hydrogen-bond donors (Lipinski definition) is 2. The summed E-state index contributed by atoms with van der Waals surface area (Å²) in [6.07, 6.45) is 0. The van der Waals surface area contributed by atoms with Crippen molar-refractivity contribution in [3.63, 3.8) is 0 Å². The highest BCUT2D eigenvalue weighted by Crippen LogP contribution is 2.13. The minimum atomic E-state index is -0.637. The molecule has 0 saturated heterocycles. The molecule has 0 fully saturated rings. The van der Waals surface area contributed by atoms with Gasteiger partial charge in [0.05, 0.1) is 0 Å². The van der Waals surface area contributed by atoms with E-state index in [9.17, 15) is 14.4 Å². The zero-order valence-electron chi connectivity index (χ0n) is 12.5. The summed E-state index contributed by atoms with van der Waals surface area (Å²) in [5, 5.41) is 4.68. The summed E-state index contributed by atoms with van der Waals surface area (Å²) in [7, 11) is 0. The van der Waals surface area contributed by atoms with Gasteiger partial charge in [-0.25, -0.2) is 4.79 Å². The number of Topliss-reactive ketones (excluding diaryl/α,β-unsaturated/α-hetero) is 1. The van der Waals surface area contributed by atoms with Crippen LogP contribution in [0.4, 0.5) is 10.5 Å². The summed E-state index contributed by atoms with van der Waals surface area (Å²) in [4.78, 5) is 34.6. The predicted molar refractivity (Wildman–Crippen MR) is 85.5 cm³/mol.